The summed E-state index contributed by atoms with van der Waals surface area (Å²) in [6.45, 7) is 5.54. The Balaban J connectivity index is 2.50. The van der Waals surface area contributed by atoms with Crippen molar-refractivity contribution in [2.75, 3.05) is 7.11 Å². The lowest BCUT2D eigenvalue weighted by molar-refractivity contribution is -0.145. The highest BCUT2D eigenvalue weighted by Gasteiger charge is 2.32. The molecule has 1 atom stereocenters. The summed E-state index contributed by atoms with van der Waals surface area (Å²) < 4.78 is 4.62. The van der Waals surface area contributed by atoms with E-state index in [1.165, 1.54) is 7.11 Å². The minimum absolute atomic E-state index is 0.0494. The third kappa shape index (κ3) is 3.73. The lowest BCUT2D eigenvalue weighted by atomic mass is 10.1. The molecule has 15 heavy (non-hydrogen) atoms. The second-order valence-corrected chi connectivity index (χ2v) is 4.02. The van der Waals surface area contributed by atoms with Gasteiger partial charge in [0.05, 0.1) is 7.11 Å². The molecule has 0 radical (unpaired) electrons. The molecule has 0 unspecified atom stereocenters. The Bertz CT molecular complexity index is 282. The zero-order chi connectivity index (χ0) is 11.4. The van der Waals surface area contributed by atoms with E-state index in [1.54, 1.807) is 0 Å². The number of hydrogen-bond acceptors (Lipinski definition) is 3. The van der Waals surface area contributed by atoms with E-state index in [4.69, 9.17) is 0 Å². The topological polar surface area (TPSA) is 55.4 Å². The molecule has 0 saturated heterocycles. The van der Waals surface area contributed by atoms with Crippen molar-refractivity contribution in [3.8, 4) is 0 Å². The second-order valence-electron chi connectivity index (χ2n) is 4.02. The molecular weight excluding hydrogens is 194 g/mol. The third-order valence-corrected chi connectivity index (χ3v) is 2.30. The summed E-state index contributed by atoms with van der Waals surface area (Å²) >= 11 is 0. The second kappa shape index (κ2) is 4.96. The van der Waals surface area contributed by atoms with Gasteiger partial charge in [-0.15, -0.1) is 6.58 Å². The van der Waals surface area contributed by atoms with Crippen molar-refractivity contribution in [2.45, 2.75) is 32.2 Å². The maximum Gasteiger partial charge on any atom is 0.328 e. The zero-order valence-electron chi connectivity index (χ0n) is 9.21. The van der Waals surface area contributed by atoms with Crippen molar-refractivity contribution in [2.24, 2.45) is 5.92 Å². The molecular formula is C11H17NO3. The molecule has 4 nitrogen and oxygen atoms in total. The Labute approximate surface area is 89.7 Å². The molecule has 0 aliphatic heterocycles. The van der Waals surface area contributed by atoms with Gasteiger partial charge >= 0.3 is 5.97 Å². The van der Waals surface area contributed by atoms with Gasteiger partial charge in [-0.3, -0.25) is 4.79 Å². The third-order valence-electron chi connectivity index (χ3n) is 2.30. The molecule has 1 aliphatic carbocycles. The summed E-state index contributed by atoms with van der Waals surface area (Å²) in [5.74, 6) is -0.360. The van der Waals surface area contributed by atoms with E-state index in [-0.39, 0.29) is 11.8 Å². The number of esters is 1. The van der Waals surface area contributed by atoms with Crippen molar-refractivity contribution in [1.29, 1.82) is 0 Å². The molecule has 0 spiro atoms. The van der Waals surface area contributed by atoms with Crippen molar-refractivity contribution < 1.29 is 14.3 Å². The summed E-state index contributed by atoms with van der Waals surface area (Å²) in [6.07, 6.45) is 2.28. The van der Waals surface area contributed by atoms with Crippen LogP contribution >= 0.6 is 0 Å². The highest BCUT2D eigenvalue weighted by Crippen LogP contribution is 2.29. The van der Waals surface area contributed by atoms with Crippen LogP contribution in [0.4, 0.5) is 0 Å². The van der Waals surface area contributed by atoms with Crippen LogP contribution in [0.2, 0.25) is 0 Å². The maximum absolute atomic E-state index is 11.5. The molecule has 0 bridgehead atoms. The van der Waals surface area contributed by atoms with Crippen LogP contribution in [0.3, 0.4) is 0 Å². The molecule has 1 N–H and O–H groups in total. The van der Waals surface area contributed by atoms with Crippen molar-refractivity contribution in [3.63, 3.8) is 0 Å². The van der Waals surface area contributed by atoms with Crippen LogP contribution in [-0.4, -0.2) is 25.0 Å². The standard InChI is InChI=1S/C11H17NO3/c1-7(2)6-9(11(14)15-3)12-10(13)8-4-5-8/h8-9H,1,4-6H2,2-3H3,(H,12,13)/t9-/m0/s1. The van der Waals surface area contributed by atoms with E-state index in [0.29, 0.717) is 6.42 Å². The molecule has 1 rings (SSSR count). The molecule has 4 heteroatoms. The molecule has 1 saturated carbocycles. The Morgan fingerprint density at radius 1 is 1.53 bits per heavy atom. The van der Waals surface area contributed by atoms with Crippen LogP contribution in [0.1, 0.15) is 26.2 Å². The molecule has 1 aliphatic rings. The van der Waals surface area contributed by atoms with Crippen molar-refractivity contribution in [1.82, 2.24) is 5.32 Å². The van der Waals surface area contributed by atoms with E-state index in [0.717, 1.165) is 18.4 Å². The number of carbonyl (C=O) groups is 2. The van der Waals surface area contributed by atoms with E-state index in [9.17, 15) is 9.59 Å². The van der Waals surface area contributed by atoms with E-state index in [1.807, 2.05) is 6.92 Å². The Morgan fingerprint density at radius 3 is 2.53 bits per heavy atom. The molecule has 0 heterocycles. The number of amides is 1. The van der Waals surface area contributed by atoms with Gasteiger partial charge in [0.25, 0.3) is 0 Å². The lowest BCUT2D eigenvalue weighted by Gasteiger charge is -2.16. The number of methoxy groups -OCH3 is 1. The van der Waals surface area contributed by atoms with Gasteiger partial charge in [-0.05, 0) is 26.2 Å². The normalized spacial score (nSPS) is 16.7. The van der Waals surface area contributed by atoms with Gasteiger partial charge in [0.2, 0.25) is 5.91 Å². The fraction of sp³-hybridized carbons (Fsp3) is 0.636. The molecule has 84 valence electrons. The predicted molar refractivity (Wildman–Crippen MR) is 56.1 cm³/mol. The van der Waals surface area contributed by atoms with Crippen LogP contribution in [0.5, 0.6) is 0 Å². The summed E-state index contributed by atoms with van der Waals surface area (Å²) in [6, 6.07) is -0.583. The highest BCUT2D eigenvalue weighted by molar-refractivity contribution is 5.87. The lowest BCUT2D eigenvalue weighted by Crippen LogP contribution is -2.42. The first-order valence-corrected chi connectivity index (χ1v) is 5.07. The number of hydrogen-bond donors (Lipinski definition) is 1. The van der Waals surface area contributed by atoms with Crippen LogP contribution in [0, 0.1) is 5.92 Å². The van der Waals surface area contributed by atoms with Gasteiger partial charge < -0.3 is 10.1 Å². The van der Waals surface area contributed by atoms with Crippen LogP contribution in [-0.2, 0) is 14.3 Å². The number of rotatable bonds is 5. The van der Waals surface area contributed by atoms with Crippen LogP contribution < -0.4 is 5.32 Å². The molecule has 1 fully saturated rings. The molecule has 1 amide bonds. The van der Waals surface area contributed by atoms with Gasteiger partial charge in [-0.25, -0.2) is 4.79 Å². The summed E-state index contributed by atoms with van der Waals surface area (Å²) in [7, 11) is 1.32. The zero-order valence-corrected chi connectivity index (χ0v) is 9.21. The van der Waals surface area contributed by atoms with Gasteiger partial charge in [0, 0.05) is 5.92 Å². The first-order chi connectivity index (χ1) is 7.04. The average molecular weight is 211 g/mol. The van der Waals surface area contributed by atoms with E-state index < -0.39 is 12.0 Å². The summed E-state index contributed by atoms with van der Waals surface area (Å²) in [5.41, 5.74) is 0.849. The number of ether oxygens (including phenoxy) is 1. The van der Waals surface area contributed by atoms with Gasteiger partial charge in [0.1, 0.15) is 6.04 Å². The van der Waals surface area contributed by atoms with Gasteiger partial charge in [-0.1, -0.05) is 5.57 Å². The van der Waals surface area contributed by atoms with Crippen molar-refractivity contribution >= 4 is 11.9 Å². The van der Waals surface area contributed by atoms with E-state index in [2.05, 4.69) is 16.6 Å². The molecule has 0 aromatic rings. The fourth-order valence-electron chi connectivity index (χ4n) is 1.32. The number of carbonyl (C=O) groups excluding carboxylic acids is 2. The quantitative estimate of drug-likeness (QED) is 0.545. The minimum atomic E-state index is -0.583. The van der Waals surface area contributed by atoms with Crippen LogP contribution in [0.15, 0.2) is 12.2 Å². The SMILES string of the molecule is C=C(C)C[C@H](NC(=O)C1CC1)C(=O)OC. The largest absolute Gasteiger partial charge is 0.467 e. The monoisotopic (exact) mass is 211 g/mol. The molecule has 0 aromatic carbocycles. The molecule has 0 aromatic heterocycles. The first-order valence-electron chi connectivity index (χ1n) is 5.07. The number of nitrogens with one attached hydrogen (secondary N) is 1. The smallest absolute Gasteiger partial charge is 0.328 e. The first kappa shape index (κ1) is 11.8. The summed E-state index contributed by atoms with van der Waals surface area (Å²) in [4.78, 5) is 22.8. The Hall–Kier alpha value is -1.32. The van der Waals surface area contributed by atoms with Gasteiger partial charge in [-0.2, -0.15) is 0 Å². The Kier molecular flexibility index (Phi) is 3.88. The van der Waals surface area contributed by atoms with Gasteiger partial charge in [0.15, 0.2) is 0 Å². The Morgan fingerprint density at radius 2 is 2.13 bits per heavy atom. The maximum atomic E-state index is 11.5. The minimum Gasteiger partial charge on any atom is -0.467 e. The average Bonchev–Trinajstić information content (AvgIpc) is 2.97. The van der Waals surface area contributed by atoms with Crippen molar-refractivity contribution in [3.05, 3.63) is 12.2 Å². The van der Waals surface area contributed by atoms with Crippen LogP contribution in [0.25, 0.3) is 0 Å². The summed E-state index contributed by atoms with van der Waals surface area (Å²) in [5, 5.41) is 2.69. The predicted octanol–water partition coefficient (Wildman–Crippen LogP) is 1.02. The highest BCUT2D eigenvalue weighted by atomic mass is 16.5. The fourth-order valence-corrected chi connectivity index (χ4v) is 1.32. The van der Waals surface area contributed by atoms with E-state index >= 15 is 0 Å².